The number of aryl methyl sites for hydroxylation is 1. The summed E-state index contributed by atoms with van der Waals surface area (Å²) in [6.45, 7) is 2.13. The fourth-order valence-corrected chi connectivity index (χ4v) is 2.76. The van der Waals surface area contributed by atoms with Gasteiger partial charge in [-0.15, -0.1) is 11.6 Å². The van der Waals surface area contributed by atoms with Crippen molar-refractivity contribution in [3.05, 3.63) is 59.7 Å². The van der Waals surface area contributed by atoms with Crippen molar-refractivity contribution in [3.63, 3.8) is 0 Å². The van der Waals surface area contributed by atoms with Crippen molar-refractivity contribution in [1.82, 2.24) is 4.98 Å². The Bertz CT molecular complexity index is 787. The van der Waals surface area contributed by atoms with Crippen LogP contribution in [0, 0.1) is 0 Å². The van der Waals surface area contributed by atoms with Crippen molar-refractivity contribution >= 4 is 28.3 Å². The molecule has 0 aliphatic carbocycles. The number of halogens is 1. The largest absolute Gasteiger partial charge is 0.354 e. The Labute approximate surface area is 128 Å². The van der Waals surface area contributed by atoms with Crippen LogP contribution in [-0.4, -0.2) is 16.6 Å². The molecule has 0 spiro atoms. The van der Waals surface area contributed by atoms with Crippen LogP contribution in [0.25, 0.3) is 22.2 Å². The predicted molar refractivity (Wildman–Crippen MR) is 88.2 cm³/mol. The highest BCUT2D eigenvalue weighted by Crippen LogP contribution is 2.31. The molecule has 106 valence electrons. The first-order valence-electron chi connectivity index (χ1n) is 7.03. The van der Waals surface area contributed by atoms with E-state index >= 15 is 0 Å². The molecule has 3 rings (SSSR count). The first kappa shape index (κ1) is 13.9. The maximum absolute atomic E-state index is 12.3. The minimum absolute atomic E-state index is 0.0120. The Morgan fingerprint density at radius 3 is 2.48 bits per heavy atom. The molecular weight excluding hydrogens is 282 g/mol. The van der Waals surface area contributed by atoms with Gasteiger partial charge in [-0.3, -0.25) is 4.79 Å². The van der Waals surface area contributed by atoms with Gasteiger partial charge >= 0.3 is 0 Å². The van der Waals surface area contributed by atoms with Crippen molar-refractivity contribution in [2.75, 3.05) is 5.88 Å². The van der Waals surface area contributed by atoms with E-state index in [1.165, 1.54) is 5.56 Å². The number of carbonyl (C=O) groups is 1. The number of hydrogen-bond acceptors (Lipinski definition) is 1. The van der Waals surface area contributed by atoms with E-state index < -0.39 is 0 Å². The van der Waals surface area contributed by atoms with Crippen LogP contribution in [0.5, 0.6) is 0 Å². The van der Waals surface area contributed by atoms with Crippen LogP contribution in [0.15, 0.2) is 48.5 Å². The number of aromatic nitrogens is 1. The number of fused-ring (bicyclic) bond motifs is 1. The molecule has 0 aliphatic rings. The van der Waals surface area contributed by atoms with E-state index in [0.29, 0.717) is 5.56 Å². The molecule has 0 aliphatic heterocycles. The monoisotopic (exact) mass is 297 g/mol. The quantitative estimate of drug-likeness (QED) is 0.543. The third-order valence-corrected chi connectivity index (χ3v) is 4.00. The van der Waals surface area contributed by atoms with Crippen LogP contribution in [0.4, 0.5) is 0 Å². The number of nitrogens with one attached hydrogen (secondary N) is 1. The van der Waals surface area contributed by atoms with Crippen LogP contribution in [0.1, 0.15) is 22.8 Å². The molecule has 0 saturated heterocycles. The summed E-state index contributed by atoms with van der Waals surface area (Å²) >= 11 is 5.79. The molecule has 0 fully saturated rings. The second-order valence-corrected chi connectivity index (χ2v) is 5.30. The van der Waals surface area contributed by atoms with Crippen LogP contribution < -0.4 is 0 Å². The Balaban J connectivity index is 2.22. The molecule has 1 N–H and O–H groups in total. The molecule has 0 unspecified atom stereocenters. The summed E-state index contributed by atoms with van der Waals surface area (Å²) in [6, 6.07) is 16.1. The second-order valence-electron chi connectivity index (χ2n) is 5.03. The summed E-state index contributed by atoms with van der Waals surface area (Å²) < 4.78 is 0. The van der Waals surface area contributed by atoms with Gasteiger partial charge in [-0.05, 0) is 23.6 Å². The van der Waals surface area contributed by atoms with E-state index in [0.717, 1.165) is 28.6 Å². The van der Waals surface area contributed by atoms with E-state index in [9.17, 15) is 4.79 Å². The number of rotatable bonds is 4. The van der Waals surface area contributed by atoms with Crippen LogP contribution in [-0.2, 0) is 6.42 Å². The minimum atomic E-state index is -0.0521. The molecule has 0 bridgehead atoms. The first-order valence-corrected chi connectivity index (χ1v) is 7.57. The molecule has 0 atom stereocenters. The van der Waals surface area contributed by atoms with Gasteiger partial charge in [0, 0.05) is 10.9 Å². The molecule has 21 heavy (non-hydrogen) atoms. The average molecular weight is 298 g/mol. The maximum Gasteiger partial charge on any atom is 0.180 e. The van der Waals surface area contributed by atoms with Gasteiger partial charge < -0.3 is 4.98 Å². The number of para-hydroxylation sites is 1. The van der Waals surface area contributed by atoms with Crippen LogP contribution in [0.3, 0.4) is 0 Å². The number of aromatic amines is 1. The molecule has 3 heteroatoms. The van der Waals surface area contributed by atoms with Crippen molar-refractivity contribution < 1.29 is 4.79 Å². The highest BCUT2D eigenvalue weighted by Gasteiger charge is 2.18. The van der Waals surface area contributed by atoms with Gasteiger partial charge in [0.25, 0.3) is 0 Å². The van der Waals surface area contributed by atoms with Gasteiger partial charge in [0.15, 0.2) is 5.78 Å². The van der Waals surface area contributed by atoms with E-state index in [2.05, 4.69) is 36.2 Å². The molecular formula is C18H16ClNO. The minimum Gasteiger partial charge on any atom is -0.354 e. The highest BCUT2D eigenvalue weighted by atomic mass is 35.5. The number of benzene rings is 2. The topological polar surface area (TPSA) is 32.9 Å². The number of H-pyrrole nitrogens is 1. The normalized spacial score (nSPS) is 11.0. The molecule has 2 nitrogen and oxygen atoms in total. The Kier molecular flexibility index (Phi) is 3.80. The second kappa shape index (κ2) is 5.74. The average Bonchev–Trinajstić information content (AvgIpc) is 2.93. The number of carbonyl (C=O) groups excluding carboxylic acids is 1. The third-order valence-electron chi connectivity index (χ3n) is 3.76. The summed E-state index contributed by atoms with van der Waals surface area (Å²) in [4.78, 5) is 15.6. The fraction of sp³-hybridized carbons (Fsp3) is 0.167. The van der Waals surface area contributed by atoms with Gasteiger partial charge in [-0.25, -0.2) is 0 Å². The molecule has 1 aromatic heterocycles. The molecule has 0 amide bonds. The number of alkyl halides is 1. The van der Waals surface area contributed by atoms with Gasteiger partial charge in [0.1, 0.15) is 0 Å². The fourth-order valence-electron chi connectivity index (χ4n) is 2.62. The van der Waals surface area contributed by atoms with E-state index in [-0.39, 0.29) is 11.7 Å². The number of ketones is 1. The standard InChI is InChI=1S/C18H16ClNO/c1-2-12-7-9-13(10-8-12)18-17(16(21)11-19)14-5-3-4-6-15(14)20-18/h3-10,20H,2,11H2,1H3. The SMILES string of the molecule is CCc1ccc(-c2[nH]c3ccccc3c2C(=O)CCl)cc1. The van der Waals surface area contributed by atoms with Gasteiger partial charge in [-0.2, -0.15) is 0 Å². The lowest BCUT2D eigenvalue weighted by Gasteiger charge is -2.04. The molecule has 1 heterocycles. The lowest BCUT2D eigenvalue weighted by atomic mass is 10.0. The number of Topliss-reactive ketones (excluding diaryl/α,β-unsaturated/α-hetero) is 1. The summed E-state index contributed by atoms with van der Waals surface area (Å²) in [5, 5.41) is 0.928. The predicted octanol–water partition coefficient (Wildman–Crippen LogP) is 4.82. The van der Waals surface area contributed by atoms with Crippen molar-refractivity contribution in [2.45, 2.75) is 13.3 Å². The van der Waals surface area contributed by atoms with Gasteiger partial charge in [0.05, 0.1) is 17.1 Å². The Morgan fingerprint density at radius 1 is 1.10 bits per heavy atom. The molecule has 3 aromatic rings. The Hall–Kier alpha value is -2.06. The summed E-state index contributed by atoms with van der Waals surface area (Å²) in [5.41, 5.74) is 4.78. The third kappa shape index (κ3) is 2.47. The highest BCUT2D eigenvalue weighted by molar-refractivity contribution is 6.33. The summed E-state index contributed by atoms with van der Waals surface area (Å²) in [6.07, 6.45) is 1.00. The lowest BCUT2D eigenvalue weighted by Crippen LogP contribution is -2.01. The van der Waals surface area contributed by atoms with Crippen LogP contribution >= 0.6 is 11.6 Å². The maximum atomic E-state index is 12.3. The van der Waals surface area contributed by atoms with E-state index in [1.807, 2.05) is 24.3 Å². The van der Waals surface area contributed by atoms with Crippen molar-refractivity contribution in [3.8, 4) is 11.3 Å². The smallest absolute Gasteiger partial charge is 0.180 e. The zero-order chi connectivity index (χ0) is 14.8. The van der Waals surface area contributed by atoms with Crippen LogP contribution in [0.2, 0.25) is 0 Å². The molecule has 0 saturated carbocycles. The molecule has 2 aromatic carbocycles. The van der Waals surface area contributed by atoms with Gasteiger partial charge in [0.2, 0.25) is 0 Å². The zero-order valence-corrected chi connectivity index (χ0v) is 12.6. The summed E-state index contributed by atoms with van der Waals surface area (Å²) in [7, 11) is 0. The number of hydrogen-bond donors (Lipinski definition) is 1. The summed E-state index contributed by atoms with van der Waals surface area (Å²) in [5.74, 6) is -0.0642. The van der Waals surface area contributed by atoms with E-state index in [4.69, 9.17) is 11.6 Å². The molecule has 0 radical (unpaired) electrons. The lowest BCUT2D eigenvalue weighted by molar-refractivity contribution is 0.102. The van der Waals surface area contributed by atoms with Crippen molar-refractivity contribution in [1.29, 1.82) is 0 Å². The zero-order valence-electron chi connectivity index (χ0n) is 11.8. The van der Waals surface area contributed by atoms with E-state index in [1.54, 1.807) is 0 Å². The Morgan fingerprint density at radius 2 is 1.81 bits per heavy atom. The van der Waals surface area contributed by atoms with Crippen molar-refractivity contribution in [2.24, 2.45) is 0 Å². The first-order chi connectivity index (χ1) is 10.2. The van der Waals surface area contributed by atoms with Gasteiger partial charge in [-0.1, -0.05) is 49.4 Å².